The van der Waals surface area contributed by atoms with Gasteiger partial charge in [0, 0.05) is 24.0 Å². The number of hydrogen-bond acceptors (Lipinski definition) is 5. The number of rotatable bonds is 13. The molecule has 1 N–H and O–H groups in total. The third-order valence-electron chi connectivity index (χ3n) is 7.25. The zero-order valence-electron chi connectivity index (χ0n) is 26.1. The van der Waals surface area contributed by atoms with Crippen LogP contribution >= 0.6 is 23.2 Å². The highest BCUT2D eigenvalue weighted by molar-refractivity contribution is 7.92. The lowest BCUT2D eigenvalue weighted by molar-refractivity contribution is -0.140. The largest absolute Gasteiger partial charge is 0.497 e. The van der Waals surface area contributed by atoms with Crippen molar-refractivity contribution < 1.29 is 22.7 Å². The van der Waals surface area contributed by atoms with Crippen LogP contribution in [0, 0.1) is 6.92 Å². The number of nitrogens with one attached hydrogen (secondary N) is 1. The van der Waals surface area contributed by atoms with E-state index in [2.05, 4.69) is 5.32 Å². The first-order valence-electron chi connectivity index (χ1n) is 14.7. The van der Waals surface area contributed by atoms with E-state index in [1.165, 1.54) is 35.2 Å². The second-order valence-corrected chi connectivity index (χ2v) is 13.9. The van der Waals surface area contributed by atoms with E-state index in [0.29, 0.717) is 11.3 Å². The SMILES string of the molecule is COc1cccc(CN(C(=O)CN(c2cc(Cl)ccc2Cl)S(=O)(=O)c2ccc(C)cc2)[C@@H](Cc2ccccc2)C(=O)NC(C)C)c1. The molecule has 1 atom stereocenters. The number of aryl methyl sites for hydroxylation is 1. The summed E-state index contributed by atoms with van der Waals surface area (Å²) in [5, 5.41) is 3.27. The lowest BCUT2D eigenvalue weighted by atomic mass is 10.0. The van der Waals surface area contributed by atoms with Gasteiger partial charge in [0.2, 0.25) is 11.8 Å². The summed E-state index contributed by atoms with van der Waals surface area (Å²) >= 11 is 12.8. The number of carbonyl (C=O) groups excluding carboxylic acids is 2. The third kappa shape index (κ3) is 8.81. The molecule has 0 heterocycles. The van der Waals surface area contributed by atoms with Crippen LogP contribution in [0.4, 0.5) is 5.69 Å². The van der Waals surface area contributed by atoms with Gasteiger partial charge < -0.3 is 15.0 Å². The van der Waals surface area contributed by atoms with E-state index < -0.39 is 28.5 Å². The quantitative estimate of drug-likeness (QED) is 0.170. The minimum absolute atomic E-state index is 0.000740. The van der Waals surface area contributed by atoms with Gasteiger partial charge >= 0.3 is 0 Å². The average molecular weight is 683 g/mol. The molecule has 2 amide bonds. The minimum Gasteiger partial charge on any atom is -0.497 e. The van der Waals surface area contributed by atoms with Crippen molar-refractivity contribution in [2.24, 2.45) is 0 Å². The van der Waals surface area contributed by atoms with Gasteiger partial charge in [-0.15, -0.1) is 0 Å². The Hall–Kier alpha value is -4.05. The third-order valence-corrected chi connectivity index (χ3v) is 9.58. The summed E-state index contributed by atoms with van der Waals surface area (Å²) in [4.78, 5) is 29.8. The number of amides is 2. The van der Waals surface area contributed by atoms with Crippen molar-refractivity contribution in [1.82, 2.24) is 10.2 Å². The molecule has 0 aromatic heterocycles. The molecule has 0 spiro atoms. The summed E-state index contributed by atoms with van der Waals surface area (Å²) in [5.41, 5.74) is 2.43. The lowest BCUT2D eigenvalue weighted by Crippen LogP contribution is -2.54. The molecule has 8 nitrogen and oxygen atoms in total. The van der Waals surface area contributed by atoms with Gasteiger partial charge in [0.15, 0.2) is 0 Å². The lowest BCUT2D eigenvalue weighted by Gasteiger charge is -2.34. The van der Waals surface area contributed by atoms with Crippen molar-refractivity contribution in [3.63, 3.8) is 0 Å². The number of halogens is 2. The molecule has 4 aromatic rings. The maximum Gasteiger partial charge on any atom is 0.264 e. The molecular weight excluding hydrogens is 645 g/mol. The molecule has 4 aromatic carbocycles. The number of carbonyl (C=O) groups is 2. The highest BCUT2D eigenvalue weighted by Gasteiger charge is 2.35. The topological polar surface area (TPSA) is 96.0 Å². The summed E-state index contributed by atoms with van der Waals surface area (Å²) in [6, 6.07) is 26.0. The van der Waals surface area contributed by atoms with Crippen LogP contribution < -0.4 is 14.4 Å². The second kappa shape index (κ2) is 15.5. The first-order chi connectivity index (χ1) is 21.9. The maximum absolute atomic E-state index is 14.6. The van der Waals surface area contributed by atoms with Gasteiger partial charge in [-0.25, -0.2) is 8.42 Å². The maximum atomic E-state index is 14.6. The van der Waals surface area contributed by atoms with E-state index >= 15 is 0 Å². The highest BCUT2D eigenvalue weighted by atomic mass is 35.5. The Labute approximate surface area is 280 Å². The summed E-state index contributed by atoms with van der Waals surface area (Å²) < 4.78 is 34.8. The smallest absolute Gasteiger partial charge is 0.264 e. The molecule has 0 fully saturated rings. The number of benzene rings is 4. The molecule has 11 heteroatoms. The fourth-order valence-electron chi connectivity index (χ4n) is 4.93. The molecular formula is C35H37Cl2N3O5S. The van der Waals surface area contributed by atoms with Gasteiger partial charge in [-0.1, -0.05) is 83.4 Å². The number of sulfonamides is 1. The Kier molecular flexibility index (Phi) is 11.7. The van der Waals surface area contributed by atoms with E-state index in [1.807, 2.05) is 57.2 Å². The Balaban J connectivity index is 1.84. The number of ether oxygens (including phenoxy) is 1. The van der Waals surface area contributed by atoms with Crippen molar-refractivity contribution in [2.75, 3.05) is 18.0 Å². The summed E-state index contributed by atoms with van der Waals surface area (Å²) in [5.74, 6) is -0.413. The summed E-state index contributed by atoms with van der Waals surface area (Å²) in [7, 11) is -2.78. The Bertz CT molecular complexity index is 1770. The molecule has 0 unspecified atom stereocenters. The Morgan fingerprint density at radius 1 is 0.870 bits per heavy atom. The van der Waals surface area contributed by atoms with Crippen molar-refractivity contribution in [1.29, 1.82) is 0 Å². The van der Waals surface area contributed by atoms with Crippen LogP contribution in [0.5, 0.6) is 5.75 Å². The van der Waals surface area contributed by atoms with Crippen molar-refractivity contribution in [2.45, 2.75) is 50.7 Å². The van der Waals surface area contributed by atoms with Crippen LogP contribution in [0.3, 0.4) is 0 Å². The van der Waals surface area contributed by atoms with Gasteiger partial charge in [-0.3, -0.25) is 13.9 Å². The molecule has 0 saturated carbocycles. The molecule has 46 heavy (non-hydrogen) atoms. The standard InChI is InChI=1S/C35H37Cl2N3O5S/c1-24(2)38-35(42)33(20-26-9-6-5-7-10-26)39(22-27-11-8-12-29(19-27)45-4)34(41)23-40(32-21-28(36)15-18-31(32)37)46(43,44)30-16-13-25(3)14-17-30/h5-19,21,24,33H,20,22-23H2,1-4H3,(H,38,42)/t33-/m0/s1. The molecule has 0 aliphatic rings. The van der Waals surface area contributed by atoms with Gasteiger partial charge in [-0.05, 0) is 74.4 Å². The van der Waals surface area contributed by atoms with E-state index in [9.17, 15) is 18.0 Å². The fraction of sp³-hybridized carbons (Fsp3) is 0.257. The number of anilines is 1. The van der Waals surface area contributed by atoms with Crippen LogP contribution in [0.25, 0.3) is 0 Å². The molecule has 0 aliphatic heterocycles. The Morgan fingerprint density at radius 2 is 1.54 bits per heavy atom. The van der Waals surface area contributed by atoms with Crippen molar-refractivity contribution in [3.05, 3.63) is 124 Å². The van der Waals surface area contributed by atoms with E-state index in [0.717, 1.165) is 15.4 Å². The van der Waals surface area contributed by atoms with Crippen LogP contribution in [0.1, 0.15) is 30.5 Å². The van der Waals surface area contributed by atoms with E-state index in [1.54, 1.807) is 37.4 Å². The fourth-order valence-corrected chi connectivity index (χ4v) is 6.79. The van der Waals surface area contributed by atoms with Crippen LogP contribution in [0.2, 0.25) is 10.0 Å². The van der Waals surface area contributed by atoms with Gasteiger partial charge in [0.1, 0.15) is 18.3 Å². The zero-order valence-corrected chi connectivity index (χ0v) is 28.4. The second-order valence-electron chi connectivity index (χ2n) is 11.2. The number of methoxy groups -OCH3 is 1. The first kappa shape index (κ1) is 34.8. The normalized spacial score (nSPS) is 12.0. The van der Waals surface area contributed by atoms with E-state index in [4.69, 9.17) is 27.9 Å². The minimum atomic E-state index is -4.32. The molecule has 0 aliphatic carbocycles. The van der Waals surface area contributed by atoms with Gasteiger partial charge in [0.25, 0.3) is 10.0 Å². The van der Waals surface area contributed by atoms with Gasteiger partial charge in [0.05, 0.1) is 22.7 Å². The molecule has 0 bridgehead atoms. The molecule has 0 radical (unpaired) electrons. The molecule has 242 valence electrons. The van der Waals surface area contributed by atoms with Crippen LogP contribution in [0.15, 0.2) is 102 Å². The predicted octanol–water partition coefficient (Wildman–Crippen LogP) is 6.67. The Morgan fingerprint density at radius 3 is 2.20 bits per heavy atom. The summed E-state index contributed by atoms with van der Waals surface area (Å²) in [6.45, 7) is 4.86. The zero-order chi connectivity index (χ0) is 33.4. The van der Waals surface area contributed by atoms with Crippen molar-refractivity contribution in [3.8, 4) is 5.75 Å². The monoisotopic (exact) mass is 681 g/mol. The van der Waals surface area contributed by atoms with Crippen LogP contribution in [-0.2, 0) is 32.6 Å². The summed E-state index contributed by atoms with van der Waals surface area (Å²) in [6.07, 6.45) is 0.192. The first-order valence-corrected chi connectivity index (χ1v) is 16.9. The van der Waals surface area contributed by atoms with E-state index in [-0.39, 0.29) is 45.5 Å². The molecule has 0 saturated heterocycles. The van der Waals surface area contributed by atoms with Gasteiger partial charge in [-0.2, -0.15) is 0 Å². The van der Waals surface area contributed by atoms with Crippen LogP contribution in [-0.4, -0.2) is 50.9 Å². The average Bonchev–Trinajstić information content (AvgIpc) is 3.03. The predicted molar refractivity (Wildman–Crippen MR) is 183 cm³/mol. The highest BCUT2D eigenvalue weighted by Crippen LogP contribution is 2.33. The molecule has 4 rings (SSSR count). The van der Waals surface area contributed by atoms with Crippen molar-refractivity contribution >= 4 is 50.7 Å². The number of hydrogen-bond donors (Lipinski definition) is 1. The number of nitrogens with zero attached hydrogens (tertiary/aromatic N) is 2.